The van der Waals surface area contributed by atoms with Gasteiger partial charge >= 0.3 is 0 Å². The molecule has 1 unspecified atom stereocenters. The Bertz CT molecular complexity index is 747. The quantitative estimate of drug-likeness (QED) is 0.543. The number of nitrogens with zero attached hydrogens (tertiary/aromatic N) is 2. The molecule has 0 aliphatic heterocycles. The minimum absolute atomic E-state index is 0.343. The molecule has 2 aromatic rings. The van der Waals surface area contributed by atoms with E-state index in [0.29, 0.717) is 18.7 Å². The summed E-state index contributed by atoms with van der Waals surface area (Å²) >= 11 is 0. The molecule has 0 saturated carbocycles. The molecule has 1 aromatic carbocycles. The summed E-state index contributed by atoms with van der Waals surface area (Å²) in [5, 5.41) is 0. The van der Waals surface area contributed by atoms with Crippen LogP contribution in [0.3, 0.4) is 0 Å². The highest BCUT2D eigenvalue weighted by atomic mass is 19.1. The summed E-state index contributed by atoms with van der Waals surface area (Å²) in [6, 6.07) is 3.58. The van der Waals surface area contributed by atoms with Crippen molar-refractivity contribution in [2.45, 2.75) is 46.3 Å². The van der Waals surface area contributed by atoms with Gasteiger partial charge in [0, 0.05) is 24.0 Å². The Balaban J connectivity index is 2.03. The Morgan fingerprint density at radius 1 is 1.23 bits per heavy atom. The molecule has 0 aliphatic carbocycles. The first-order valence-corrected chi connectivity index (χ1v) is 8.77. The van der Waals surface area contributed by atoms with Crippen LogP contribution in [-0.4, -0.2) is 16.2 Å². The molecule has 1 heterocycles. The van der Waals surface area contributed by atoms with Gasteiger partial charge < -0.3 is 9.30 Å². The first-order valence-electron chi connectivity index (χ1n) is 8.77. The van der Waals surface area contributed by atoms with Gasteiger partial charge in [-0.3, -0.25) is 0 Å². The van der Waals surface area contributed by atoms with Crippen molar-refractivity contribution in [2.24, 2.45) is 0 Å². The van der Waals surface area contributed by atoms with Crippen LogP contribution in [0.4, 0.5) is 8.78 Å². The van der Waals surface area contributed by atoms with Gasteiger partial charge in [0.05, 0.1) is 19.5 Å². The lowest BCUT2D eigenvalue weighted by atomic mass is 10.1. The van der Waals surface area contributed by atoms with E-state index in [0.717, 1.165) is 18.9 Å². The minimum Gasteiger partial charge on any atom is -0.367 e. The van der Waals surface area contributed by atoms with Gasteiger partial charge in [-0.2, -0.15) is 0 Å². The number of rotatable bonds is 9. The van der Waals surface area contributed by atoms with Crippen LogP contribution < -0.4 is 0 Å². The molecule has 0 N–H and O–H groups in total. The summed E-state index contributed by atoms with van der Waals surface area (Å²) in [5.74, 6) is -1.19. The van der Waals surface area contributed by atoms with Crippen LogP contribution in [0.5, 0.6) is 0 Å². The van der Waals surface area contributed by atoms with E-state index in [1.54, 1.807) is 18.7 Å². The Hall–Kier alpha value is -2.27. The third-order valence-corrected chi connectivity index (χ3v) is 4.07. The zero-order valence-electron chi connectivity index (χ0n) is 15.6. The second-order valence-corrected chi connectivity index (χ2v) is 6.62. The summed E-state index contributed by atoms with van der Waals surface area (Å²) in [5.41, 5.74) is 2.88. The summed E-state index contributed by atoms with van der Waals surface area (Å²) < 4.78 is 35.1. The first-order chi connectivity index (χ1) is 12.5. The molecule has 1 atom stereocenters. The Labute approximate surface area is 154 Å². The van der Waals surface area contributed by atoms with Crippen molar-refractivity contribution in [3.05, 3.63) is 77.4 Å². The molecule has 26 heavy (non-hydrogen) atoms. The molecular weight excluding hydrogens is 334 g/mol. The Morgan fingerprint density at radius 3 is 2.69 bits per heavy atom. The van der Waals surface area contributed by atoms with Crippen LogP contribution in [0.1, 0.15) is 45.3 Å². The third kappa shape index (κ3) is 6.56. The number of halogens is 2. The fourth-order valence-electron chi connectivity index (χ4n) is 2.59. The van der Waals surface area contributed by atoms with Crippen LogP contribution in [-0.2, 0) is 11.3 Å². The number of allylic oxidation sites excluding steroid dienone is 3. The van der Waals surface area contributed by atoms with E-state index in [-0.39, 0.29) is 0 Å². The molecule has 0 bridgehead atoms. The van der Waals surface area contributed by atoms with Gasteiger partial charge in [0.2, 0.25) is 0 Å². The summed E-state index contributed by atoms with van der Waals surface area (Å²) in [6.07, 6.45) is 10.8. The van der Waals surface area contributed by atoms with Crippen LogP contribution in [0.2, 0.25) is 0 Å². The molecule has 3 nitrogen and oxygen atoms in total. The second-order valence-electron chi connectivity index (χ2n) is 6.62. The zero-order chi connectivity index (χ0) is 18.9. The molecule has 0 saturated heterocycles. The minimum atomic E-state index is -0.598. The average molecular weight is 360 g/mol. The van der Waals surface area contributed by atoms with Crippen molar-refractivity contribution in [3.63, 3.8) is 0 Å². The Morgan fingerprint density at radius 2 is 2.04 bits per heavy atom. The monoisotopic (exact) mass is 360 g/mol. The van der Waals surface area contributed by atoms with Crippen molar-refractivity contribution in [2.75, 3.05) is 6.61 Å². The predicted molar refractivity (Wildman–Crippen MR) is 99.7 cm³/mol. The van der Waals surface area contributed by atoms with Crippen molar-refractivity contribution < 1.29 is 13.5 Å². The van der Waals surface area contributed by atoms with Crippen molar-refractivity contribution in [1.82, 2.24) is 9.55 Å². The SMILES string of the molecule is CC(C)=CCC/C(C)=C/COC(Cn1ccnc1)c1ccc(F)cc1F. The lowest BCUT2D eigenvalue weighted by molar-refractivity contribution is 0.0575. The van der Waals surface area contributed by atoms with Gasteiger partial charge in [-0.05, 0) is 39.7 Å². The van der Waals surface area contributed by atoms with E-state index in [1.807, 2.05) is 10.6 Å². The molecule has 5 heteroatoms. The molecule has 0 spiro atoms. The van der Waals surface area contributed by atoms with Gasteiger partial charge in [-0.15, -0.1) is 0 Å². The van der Waals surface area contributed by atoms with Crippen molar-refractivity contribution in [3.8, 4) is 0 Å². The number of aromatic nitrogens is 2. The highest BCUT2D eigenvalue weighted by molar-refractivity contribution is 5.21. The van der Waals surface area contributed by atoms with E-state index in [4.69, 9.17) is 4.74 Å². The predicted octanol–water partition coefficient (Wildman–Crippen LogP) is 5.61. The van der Waals surface area contributed by atoms with E-state index in [1.165, 1.54) is 23.3 Å². The molecule has 140 valence electrons. The number of hydrogen-bond acceptors (Lipinski definition) is 2. The summed E-state index contributed by atoms with van der Waals surface area (Å²) in [7, 11) is 0. The molecule has 0 amide bonds. The normalized spacial score (nSPS) is 12.9. The van der Waals surface area contributed by atoms with Crippen LogP contribution in [0, 0.1) is 11.6 Å². The van der Waals surface area contributed by atoms with E-state index in [2.05, 4.69) is 31.8 Å². The van der Waals surface area contributed by atoms with E-state index >= 15 is 0 Å². The maximum absolute atomic E-state index is 14.2. The van der Waals surface area contributed by atoms with Crippen LogP contribution >= 0.6 is 0 Å². The van der Waals surface area contributed by atoms with Crippen molar-refractivity contribution in [1.29, 1.82) is 0 Å². The largest absolute Gasteiger partial charge is 0.367 e. The number of imidazole rings is 1. The summed E-state index contributed by atoms with van der Waals surface area (Å²) in [6.45, 7) is 7.01. The van der Waals surface area contributed by atoms with Gasteiger partial charge in [0.25, 0.3) is 0 Å². The van der Waals surface area contributed by atoms with E-state index < -0.39 is 17.7 Å². The van der Waals surface area contributed by atoms with Gasteiger partial charge in [0.15, 0.2) is 0 Å². The molecule has 0 radical (unpaired) electrons. The van der Waals surface area contributed by atoms with Crippen LogP contribution in [0.25, 0.3) is 0 Å². The fourth-order valence-corrected chi connectivity index (χ4v) is 2.59. The summed E-state index contributed by atoms with van der Waals surface area (Å²) in [4.78, 5) is 4.00. The second kappa shape index (κ2) is 10.0. The Kier molecular flexibility index (Phi) is 7.73. The molecule has 1 aromatic heterocycles. The number of ether oxygens (including phenoxy) is 1. The van der Waals surface area contributed by atoms with Crippen LogP contribution in [0.15, 0.2) is 60.2 Å². The fraction of sp³-hybridized carbons (Fsp3) is 0.381. The highest BCUT2D eigenvalue weighted by Gasteiger charge is 2.17. The number of hydrogen-bond donors (Lipinski definition) is 0. The molecular formula is C21H26F2N2O. The highest BCUT2D eigenvalue weighted by Crippen LogP contribution is 2.24. The zero-order valence-corrected chi connectivity index (χ0v) is 15.6. The van der Waals surface area contributed by atoms with Gasteiger partial charge in [-0.1, -0.05) is 29.4 Å². The molecule has 0 aliphatic rings. The smallest absolute Gasteiger partial charge is 0.131 e. The van der Waals surface area contributed by atoms with Gasteiger partial charge in [-0.25, -0.2) is 13.8 Å². The van der Waals surface area contributed by atoms with Gasteiger partial charge in [0.1, 0.15) is 17.7 Å². The first kappa shape index (κ1) is 20.0. The third-order valence-electron chi connectivity index (χ3n) is 4.07. The maximum atomic E-state index is 14.2. The standard InChI is InChI=1S/C21H26F2N2O/c1-16(2)5-4-6-17(3)9-12-26-21(14-25-11-10-24-15-25)19-8-7-18(22)13-20(19)23/h5,7-11,13,15,21H,4,6,12,14H2,1-3H3/b17-9+. The molecule has 2 rings (SSSR count). The van der Waals surface area contributed by atoms with E-state index in [9.17, 15) is 8.78 Å². The lowest BCUT2D eigenvalue weighted by Crippen LogP contribution is -2.14. The average Bonchev–Trinajstić information content (AvgIpc) is 3.07. The number of benzene rings is 1. The maximum Gasteiger partial charge on any atom is 0.131 e. The van der Waals surface area contributed by atoms with Crippen molar-refractivity contribution >= 4 is 0 Å². The topological polar surface area (TPSA) is 27.1 Å². The lowest BCUT2D eigenvalue weighted by Gasteiger charge is -2.19. The molecule has 0 fully saturated rings.